The van der Waals surface area contributed by atoms with Crippen LogP contribution in [-0.2, 0) is 13.1 Å². The van der Waals surface area contributed by atoms with Gasteiger partial charge in [-0.15, -0.1) is 0 Å². The molecule has 6 aromatic rings. The summed E-state index contributed by atoms with van der Waals surface area (Å²) in [6.07, 6.45) is 11.5. The molecule has 0 aliphatic rings. The molecule has 0 unspecified atom stereocenters. The number of rotatable bonds is 13. The van der Waals surface area contributed by atoms with Crippen molar-refractivity contribution in [2.45, 2.75) is 65.5 Å². The van der Waals surface area contributed by atoms with Crippen LogP contribution in [0.1, 0.15) is 63.5 Å². The fraction of sp³-hybridized carbons (Fsp3) is 0.316. The van der Waals surface area contributed by atoms with Crippen LogP contribution in [0.3, 0.4) is 0 Å². The SMILES string of the molecule is CCn1c2ccccc2c2cc(C=NCCCCCCCCN=Cc3ccc4c(c3)c3ccccc3n4CC)ccc21. The Balaban J connectivity index is 0.905. The molecule has 2 heterocycles. The Morgan fingerprint density at radius 1 is 0.476 bits per heavy atom. The molecule has 0 aliphatic heterocycles. The third-order valence-corrected chi connectivity index (χ3v) is 8.53. The number of aromatic nitrogens is 2. The van der Waals surface area contributed by atoms with E-state index in [0.29, 0.717) is 0 Å². The van der Waals surface area contributed by atoms with Gasteiger partial charge in [-0.25, -0.2) is 0 Å². The number of hydrogen-bond donors (Lipinski definition) is 0. The molecule has 214 valence electrons. The predicted molar refractivity (Wildman–Crippen MR) is 183 cm³/mol. The standard InChI is InChI=1S/C38H42N4/c1-3-41-35-17-11-9-15-31(35)33-25-29(19-21-37(33)41)27-39-23-13-7-5-6-8-14-24-40-28-30-20-22-38-34(26-30)32-16-10-12-18-36(32)42(38)4-2/h9-12,15-22,25-28H,3-8,13-14,23-24H2,1-2H3. The highest BCUT2D eigenvalue weighted by molar-refractivity contribution is 6.10. The van der Waals surface area contributed by atoms with Gasteiger partial charge in [0.05, 0.1) is 0 Å². The van der Waals surface area contributed by atoms with Gasteiger partial charge in [-0.05, 0) is 74.2 Å². The van der Waals surface area contributed by atoms with E-state index in [4.69, 9.17) is 9.98 Å². The molecule has 0 radical (unpaired) electrons. The summed E-state index contributed by atoms with van der Waals surface area (Å²) in [7, 11) is 0. The smallest absolute Gasteiger partial charge is 0.0491 e. The molecule has 6 rings (SSSR count). The molecule has 0 saturated heterocycles. The number of aliphatic imine (C=N–C) groups is 2. The first-order valence-electron chi connectivity index (χ1n) is 15.8. The molecule has 0 spiro atoms. The predicted octanol–water partition coefficient (Wildman–Crippen LogP) is 9.82. The zero-order chi connectivity index (χ0) is 28.7. The Hall–Kier alpha value is -4.18. The summed E-state index contributed by atoms with van der Waals surface area (Å²) in [6.45, 7) is 8.19. The van der Waals surface area contributed by atoms with Crippen molar-refractivity contribution >= 4 is 56.0 Å². The van der Waals surface area contributed by atoms with E-state index in [1.54, 1.807) is 0 Å². The zero-order valence-electron chi connectivity index (χ0n) is 25.1. The lowest BCUT2D eigenvalue weighted by Crippen LogP contribution is -1.93. The van der Waals surface area contributed by atoms with E-state index in [2.05, 4.69) is 120 Å². The van der Waals surface area contributed by atoms with Gasteiger partial charge in [0, 0.05) is 82.2 Å². The van der Waals surface area contributed by atoms with Gasteiger partial charge >= 0.3 is 0 Å². The van der Waals surface area contributed by atoms with E-state index in [9.17, 15) is 0 Å². The average molecular weight is 555 g/mol. The van der Waals surface area contributed by atoms with Crippen LogP contribution in [0.2, 0.25) is 0 Å². The molecule has 42 heavy (non-hydrogen) atoms. The zero-order valence-corrected chi connectivity index (χ0v) is 25.1. The summed E-state index contributed by atoms with van der Waals surface area (Å²) in [5, 5.41) is 5.30. The molecular formula is C38H42N4. The Morgan fingerprint density at radius 3 is 1.33 bits per heavy atom. The maximum atomic E-state index is 4.73. The van der Waals surface area contributed by atoms with Gasteiger partial charge < -0.3 is 9.13 Å². The van der Waals surface area contributed by atoms with Crippen molar-refractivity contribution in [1.29, 1.82) is 0 Å². The highest BCUT2D eigenvalue weighted by Crippen LogP contribution is 2.30. The highest BCUT2D eigenvalue weighted by atomic mass is 15.0. The second kappa shape index (κ2) is 13.2. The first-order chi connectivity index (χ1) is 20.8. The summed E-state index contributed by atoms with van der Waals surface area (Å²) in [4.78, 5) is 9.46. The molecule has 0 atom stereocenters. The van der Waals surface area contributed by atoms with Crippen LogP contribution in [0, 0.1) is 0 Å². The van der Waals surface area contributed by atoms with Crippen LogP contribution in [-0.4, -0.2) is 34.7 Å². The van der Waals surface area contributed by atoms with Crippen LogP contribution < -0.4 is 0 Å². The molecule has 4 aromatic carbocycles. The number of hydrogen-bond acceptors (Lipinski definition) is 2. The lowest BCUT2D eigenvalue weighted by molar-refractivity contribution is 0.602. The van der Waals surface area contributed by atoms with Gasteiger partial charge in [0.15, 0.2) is 0 Å². The quantitative estimate of drug-likeness (QED) is 0.101. The maximum absolute atomic E-state index is 4.73. The summed E-state index contributed by atoms with van der Waals surface area (Å²) in [5.41, 5.74) is 7.61. The van der Waals surface area contributed by atoms with Crippen LogP contribution in [0.5, 0.6) is 0 Å². The minimum Gasteiger partial charge on any atom is -0.341 e. The fourth-order valence-electron chi connectivity index (χ4n) is 6.44. The number of benzene rings is 4. The van der Waals surface area contributed by atoms with E-state index < -0.39 is 0 Å². The lowest BCUT2D eigenvalue weighted by Gasteiger charge is -2.03. The van der Waals surface area contributed by atoms with Crippen LogP contribution in [0.4, 0.5) is 0 Å². The Bertz CT molecular complexity index is 1730. The van der Waals surface area contributed by atoms with Gasteiger partial charge in [-0.2, -0.15) is 0 Å². The lowest BCUT2D eigenvalue weighted by atomic mass is 10.1. The number of unbranched alkanes of at least 4 members (excludes halogenated alkanes) is 5. The molecule has 0 fully saturated rings. The first kappa shape index (κ1) is 28.0. The van der Waals surface area contributed by atoms with Gasteiger partial charge in [0.1, 0.15) is 0 Å². The Labute approximate surface area is 249 Å². The van der Waals surface area contributed by atoms with Crippen molar-refractivity contribution in [1.82, 2.24) is 9.13 Å². The van der Waals surface area contributed by atoms with E-state index in [-0.39, 0.29) is 0 Å². The average Bonchev–Trinajstić information content (AvgIpc) is 3.53. The number of aryl methyl sites for hydroxylation is 2. The number of fused-ring (bicyclic) bond motifs is 6. The summed E-state index contributed by atoms with van der Waals surface area (Å²) in [6, 6.07) is 30.9. The molecule has 0 amide bonds. The van der Waals surface area contributed by atoms with Crippen molar-refractivity contribution in [3.8, 4) is 0 Å². The molecule has 0 saturated carbocycles. The second-order valence-electron chi connectivity index (χ2n) is 11.3. The largest absolute Gasteiger partial charge is 0.341 e. The van der Waals surface area contributed by atoms with Crippen LogP contribution in [0.15, 0.2) is 94.9 Å². The van der Waals surface area contributed by atoms with Gasteiger partial charge in [-0.1, -0.05) is 74.2 Å². The minimum atomic E-state index is 0.903. The monoisotopic (exact) mass is 554 g/mol. The second-order valence-corrected chi connectivity index (χ2v) is 11.3. The van der Waals surface area contributed by atoms with Crippen LogP contribution >= 0.6 is 0 Å². The highest BCUT2D eigenvalue weighted by Gasteiger charge is 2.10. The van der Waals surface area contributed by atoms with Crippen molar-refractivity contribution in [2.75, 3.05) is 13.1 Å². The number of nitrogens with zero attached hydrogens (tertiary/aromatic N) is 4. The summed E-state index contributed by atoms with van der Waals surface area (Å²) in [5.74, 6) is 0. The Morgan fingerprint density at radius 2 is 0.881 bits per heavy atom. The van der Waals surface area contributed by atoms with Crippen LogP contribution in [0.25, 0.3) is 43.6 Å². The van der Waals surface area contributed by atoms with Crippen molar-refractivity contribution < 1.29 is 0 Å². The van der Waals surface area contributed by atoms with E-state index in [1.165, 1.54) is 80.4 Å². The molecule has 0 N–H and O–H groups in total. The number of para-hydroxylation sites is 2. The molecule has 4 heteroatoms. The Kier molecular flexibility index (Phi) is 8.79. The molecule has 0 bridgehead atoms. The van der Waals surface area contributed by atoms with Crippen molar-refractivity contribution in [3.63, 3.8) is 0 Å². The minimum absolute atomic E-state index is 0.903. The van der Waals surface area contributed by atoms with Gasteiger partial charge in [0.2, 0.25) is 0 Å². The first-order valence-corrected chi connectivity index (χ1v) is 15.8. The topological polar surface area (TPSA) is 34.6 Å². The molecular weight excluding hydrogens is 512 g/mol. The van der Waals surface area contributed by atoms with Crippen molar-refractivity contribution in [2.24, 2.45) is 9.98 Å². The fourth-order valence-corrected chi connectivity index (χ4v) is 6.44. The summed E-state index contributed by atoms with van der Waals surface area (Å²) >= 11 is 0. The van der Waals surface area contributed by atoms with Gasteiger partial charge in [-0.3, -0.25) is 9.98 Å². The summed E-state index contributed by atoms with van der Waals surface area (Å²) < 4.78 is 4.79. The normalized spacial score (nSPS) is 12.3. The maximum Gasteiger partial charge on any atom is 0.0491 e. The van der Waals surface area contributed by atoms with E-state index >= 15 is 0 Å². The van der Waals surface area contributed by atoms with E-state index in [0.717, 1.165) is 39.0 Å². The molecule has 0 aliphatic carbocycles. The van der Waals surface area contributed by atoms with Crippen molar-refractivity contribution in [3.05, 3.63) is 96.1 Å². The van der Waals surface area contributed by atoms with E-state index in [1.807, 2.05) is 0 Å². The third kappa shape index (κ3) is 5.76. The molecule has 4 nitrogen and oxygen atoms in total. The third-order valence-electron chi connectivity index (χ3n) is 8.53. The van der Waals surface area contributed by atoms with Gasteiger partial charge in [0.25, 0.3) is 0 Å². The molecule has 2 aromatic heterocycles.